The Bertz CT molecular complexity index is 86.9. The van der Waals surface area contributed by atoms with Gasteiger partial charge in [0.1, 0.15) is 0 Å². The molecule has 0 N–H and O–H groups in total. The van der Waals surface area contributed by atoms with E-state index in [1.165, 1.54) is 12.8 Å². The SMILES string of the molecule is [CH2]CCC(C)(C)OCCCC. The predicted octanol–water partition coefficient (Wildman–Crippen LogP) is 3.20. The van der Waals surface area contributed by atoms with Crippen molar-refractivity contribution in [2.75, 3.05) is 6.61 Å². The lowest BCUT2D eigenvalue weighted by molar-refractivity contribution is -0.0239. The van der Waals surface area contributed by atoms with Gasteiger partial charge in [-0.1, -0.05) is 26.7 Å². The monoisotopic (exact) mass is 157 g/mol. The second-order valence-electron chi connectivity index (χ2n) is 3.57. The van der Waals surface area contributed by atoms with Gasteiger partial charge in [0.2, 0.25) is 0 Å². The molecular formula is C10H21O. The highest BCUT2D eigenvalue weighted by Gasteiger charge is 2.15. The molecule has 0 saturated heterocycles. The van der Waals surface area contributed by atoms with Crippen LogP contribution in [0.1, 0.15) is 46.5 Å². The van der Waals surface area contributed by atoms with Gasteiger partial charge in [-0.2, -0.15) is 0 Å². The zero-order chi connectivity index (χ0) is 8.74. The molecule has 0 aromatic carbocycles. The fourth-order valence-electron chi connectivity index (χ4n) is 0.991. The number of ether oxygens (including phenoxy) is 1. The molecule has 1 nitrogen and oxygen atoms in total. The topological polar surface area (TPSA) is 9.23 Å². The third-order valence-corrected chi connectivity index (χ3v) is 1.77. The molecule has 0 spiro atoms. The Morgan fingerprint density at radius 2 is 2.00 bits per heavy atom. The van der Waals surface area contributed by atoms with Crippen LogP contribution in [0.15, 0.2) is 0 Å². The first-order valence-electron chi connectivity index (χ1n) is 4.55. The van der Waals surface area contributed by atoms with E-state index in [9.17, 15) is 0 Å². The summed E-state index contributed by atoms with van der Waals surface area (Å²) in [4.78, 5) is 0. The lowest BCUT2D eigenvalue weighted by Crippen LogP contribution is -2.24. The first-order valence-corrected chi connectivity index (χ1v) is 4.55. The van der Waals surface area contributed by atoms with E-state index in [1.54, 1.807) is 0 Å². The van der Waals surface area contributed by atoms with Crippen LogP contribution in [0.25, 0.3) is 0 Å². The van der Waals surface area contributed by atoms with Crippen LogP contribution < -0.4 is 0 Å². The summed E-state index contributed by atoms with van der Waals surface area (Å²) in [7, 11) is 0. The lowest BCUT2D eigenvalue weighted by Gasteiger charge is -2.24. The molecule has 1 heteroatoms. The minimum absolute atomic E-state index is 0.0386. The lowest BCUT2D eigenvalue weighted by atomic mass is 10.0. The van der Waals surface area contributed by atoms with E-state index in [0.717, 1.165) is 19.4 Å². The number of unbranched alkanes of at least 4 members (excludes halogenated alkanes) is 1. The van der Waals surface area contributed by atoms with Crippen molar-refractivity contribution in [2.24, 2.45) is 0 Å². The zero-order valence-electron chi connectivity index (χ0n) is 8.15. The molecule has 11 heavy (non-hydrogen) atoms. The highest BCUT2D eigenvalue weighted by Crippen LogP contribution is 2.16. The molecule has 0 heterocycles. The van der Waals surface area contributed by atoms with E-state index >= 15 is 0 Å². The number of rotatable bonds is 6. The van der Waals surface area contributed by atoms with Crippen LogP contribution in [-0.2, 0) is 4.74 Å². The molecule has 0 rings (SSSR count). The van der Waals surface area contributed by atoms with Crippen molar-refractivity contribution in [2.45, 2.75) is 52.1 Å². The minimum Gasteiger partial charge on any atom is -0.376 e. The van der Waals surface area contributed by atoms with Gasteiger partial charge in [-0.05, 0) is 26.7 Å². The average molecular weight is 157 g/mol. The van der Waals surface area contributed by atoms with Crippen LogP contribution in [-0.4, -0.2) is 12.2 Å². The summed E-state index contributed by atoms with van der Waals surface area (Å²) in [5.74, 6) is 0. The average Bonchev–Trinajstić information content (AvgIpc) is 1.87. The van der Waals surface area contributed by atoms with Crippen LogP contribution in [0.3, 0.4) is 0 Å². The summed E-state index contributed by atoms with van der Waals surface area (Å²) >= 11 is 0. The highest BCUT2D eigenvalue weighted by molar-refractivity contribution is 4.68. The molecule has 0 aliphatic heterocycles. The molecule has 0 amide bonds. The van der Waals surface area contributed by atoms with Gasteiger partial charge in [0.15, 0.2) is 0 Å². The maximum atomic E-state index is 5.67. The molecule has 0 aliphatic carbocycles. The Balaban J connectivity index is 3.38. The predicted molar refractivity (Wildman–Crippen MR) is 49.5 cm³/mol. The molecule has 0 fully saturated rings. The van der Waals surface area contributed by atoms with Crippen LogP contribution in [0, 0.1) is 6.92 Å². The molecule has 0 aliphatic rings. The third kappa shape index (κ3) is 6.36. The largest absolute Gasteiger partial charge is 0.376 e. The Morgan fingerprint density at radius 3 is 2.45 bits per heavy atom. The van der Waals surface area contributed by atoms with Crippen molar-refractivity contribution in [3.63, 3.8) is 0 Å². The van der Waals surface area contributed by atoms with Gasteiger partial charge in [0.25, 0.3) is 0 Å². The maximum absolute atomic E-state index is 5.67. The number of hydrogen-bond donors (Lipinski definition) is 0. The van der Waals surface area contributed by atoms with Crippen LogP contribution >= 0.6 is 0 Å². The summed E-state index contributed by atoms with van der Waals surface area (Å²) in [5.41, 5.74) is 0.0386. The summed E-state index contributed by atoms with van der Waals surface area (Å²) < 4.78 is 5.67. The van der Waals surface area contributed by atoms with Gasteiger partial charge >= 0.3 is 0 Å². The molecule has 0 aromatic rings. The fourth-order valence-corrected chi connectivity index (χ4v) is 0.991. The van der Waals surface area contributed by atoms with Gasteiger partial charge in [-0.15, -0.1) is 0 Å². The maximum Gasteiger partial charge on any atom is 0.0626 e. The summed E-state index contributed by atoms with van der Waals surface area (Å²) in [6.07, 6.45) is 4.39. The molecule has 67 valence electrons. The second-order valence-corrected chi connectivity index (χ2v) is 3.57. The van der Waals surface area contributed by atoms with Crippen LogP contribution in [0.4, 0.5) is 0 Å². The van der Waals surface area contributed by atoms with Gasteiger partial charge in [-0.3, -0.25) is 0 Å². The smallest absolute Gasteiger partial charge is 0.0626 e. The van der Waals surface area contributed by atoms with Crippen molar-refractivity contribution in [1.29, 1.82) is 0 Å². The van der Waals surface area contributed by atoms with Crippen molar-refractivity contribution >= 4 is 0 Å². The van der Waals surface area contributed by atoms with Crippen molar-refractivity contribution < 1.29 is 4.74 Å². The first kappa shape index (κ1) is 11.0. The second kappa shape index (κ2) is 5.59. The summed E-state index contributed by atoms with van der Waals surface area (Å²) in [6.45, 7) is 11.2. The molecule has 0 atom stereocenters. The van der Waals surface area contributed by atoms with E-state index in [2.05, 4.69) is 27.7 Å². The van der Waals surface area contributed by atoms with Gasteiger partial charge in [0, 0.05) is 6.61 Å². The Kier molecular flexibility index (Phi) is 5.57. The van der Waals surface area contributed by atoms with E-state index in [4.69, 9.17) is 4.74 Å². The molecule has 0 unspecified atom stereocenters. The highest BCUT2D eigenvalue weighted by atomic mass is 16.5. The fraction of sp³-hybridized carbons (Fsp3) is 0.900. The zero-order valence-corrected chi connectivity index (χ0v) is 8.15. The molecule has 0 aromatic heterocycles. The minimum atomic E-state index is 0.0386. The quantitative estimate of drug-likeness (QED) is 0.538. The van der Waals surface area contributed by atoms with Gasteiger partial charge in [-0.25, -0.2) is 0 Å². The van der Waals surface area contributed by atoms with E-state index in [0.29, 0.717) is 0 Å². The standard InChI is InChI=1S/C10H21O/c1-5-7-9-11-10(3,4)8-6-2/h2,5-9H2,1,3-4H3. The van der Waals surface area contributed by atoms with Crippen LogP contribution in [0.2, 0.25) is 0 Å². The molecular weight excluding hydrogens is 136 g/mol. The number of hydrogen-bond acceptors (Lipinski definition) is 1. The molecule has 0 saturated carbocycles. The Hall–Kier alpha value is -0.0400. The van der Waals surface area contributed by atoms with Crippen molar-refractivity contribution in [3.8, 4) is 0 Å². The molecule has 1 radical (unpaired) electrons. The summed E-state index contributed by atoms with van der Waals surface area (Å²) in [5, 5.41) is 0. The van der Waals surface area contributed by atoms with Gasteiger partial charge in [0.05, 0.1) is 5.60 Å². The first-order chi connectivity index (χ1) is 5.12. The van der Waals surface area contributed by atoms with Crippen molar-refractivity contribution in [1.82, 2.24) is 0 Å². The molecule has 0 bridgehead atoms. The Morgan fingerprint density at radius 1 is 1.36 bits per heavy atom. The third-order valence-electron chi connectivity index (χ3n) is 1.77. The summed E-state index contributed by atoms with van der Waals surface area (Å²) in [6, 6.07) is 0. The normalized spacial score (nSPS) is 12.0. The van der Waals surface area contributed by atoms with Crippen molar-refractivity contribution in [3.05, 3.63) is 6.92 Å². The van der Waals surface area contributed by atoms with Gasteiger partial charge < -0.3 is 4.74 Å². The van der Waals surface area contributed by atoms with E-state index < -0.39 is 0 Å². The van der Waals surface area contributed by atoms with Crippen LogP contribution in [0.5, 0.6) is 0 Å². The van der Waals surface area contributed by atoms with E-state index in [-0.39, 0.29) is 5.60 Å². The Labute approximate surface area is 71.1 Å². The van der Waals surface area contributed by atoms with E-state index in [1.807, 2.05) is 0 Å².